The van der Waals surface area contributed by atoms with E-state index < -0.39 is 5.82 Å². The van der Waals surface area contributed by atoms with Gasteiger partial charge in [0.1, 0.15) is 0 Å². The number of phenols is 1. The smallest absolute Gasteiger partial charge is 0.185 e. The van der Waals surface area contributed by atoms with Crippen molar-refractivity contribution in [2.75, 3.05) is 6.54 Å². The lowest BCUT2D eigenvalue weighted by Gasteiger charge is -2.00. The number of halogens is 1. The van der Waals surface area contributed by atoms with Gasteiger partial charge in [0.15, 0.2) is 17.5 Å². The van der Waals surface area contributed by atoms with Crippen LogP contribution >= 0.6 is 0 Å². The van der Waals surface area contributed by atoms with E-state index in [0.29, 0.717) is 13.0 Å². The molecule has 1 rings (SSSR count). The number of phenolic OH excluding ortho intramolecular Hbond substituents is 1. The molecule has 0 atom stereocenters. The maximum Gasteiger partial charge on any atom is 0.185 e. The van der Waals surface area contributed by atoms with Gasteiger partial charge < -0.3 is 16.6 Å². The Balaban J connectivity index is 2.60. The third kappa shape index (κ3) is 2.93. The molecule has 0 radical (unpaired) electrons. The van der Waals surface area contributed by atoms with Gasteiger partial charge in [-0.2, -0.15) is 0 Å². The quantitative estimate of drug-likeness (QED) is 0.481. The van der Waals surface area contributed by atoms with Crippen molar-refractivity contribution >= 4 is 5.96 Å². The molecule has 0 heterocycles. The van der Waals surface area contributed by atoms with E-state index in [9.17, 15) is 4.39 Å². The summed E-state index contributed by atoms with van der Waals surface area (Å²) in [7, 11) is 0. The summed E-state index contributed by atoms with van der Waals surface area (Å²) in [6, 6.07) is 4.15. The van der Waals surface area contributed by atoms with Crippen molar-refractivity contribution in [1.29, 1.82) is 0 Å². The van der Waals surface area contributed by atoms with E-state index in [1.165, 1.54) is 12.1 Å². The molecule has 0 aliphatic rings. The number of hydrogen-bond donors (Lipinski definition) is 3. The Hall–Kier alpha value is -1.78. The maximum atomic E-state index is 12.6. The highest BCUT2D eigenvalue weighted by Crippen LogP contribution is 2.16. The number of benzene rings is 1. The van der Waals surface area contributed by atoms with Gasteiger partial charge in [0.05, 0.1) is 0 Å². The molecule has 14 heavy (non-hydrogen) atoms. The van der Waals surface area contributed by atoms with E-state index in [4.69, 9.17) is 16.6 Å². The number of rotatable bonds is 3. The summed E-state index contributed by atoms with van der Waals surface area (Å²) in [5.74, 6) is -0.959. The fourth-order valence-electron chi connectivity index (χ4n) is 1.03. The van der Waals surface area contributed by atoms with Gasteiger partial charge in [-0.05, 0) is 24.1 Å². The summed E-state index contributed by atoms with van der Waals surface area (Å²) >= 11 is 0. The molecule has 0 saturated heterocycles. The highest BCUT2D eigenvalue weighted by atomic mass is 19.1. The Labute approximate surface area is 81.1 Å². The molecule has 0 saturated carbocycles. The molecule has 0 aliphatic heterocycles. The highest BCUT2D eigenvalue weighted by Gasteiger charge is 2.00. The second-order valence-electron chi connectivity index (χ2n) is 2.84. The average molecular weight is 196 g/mol. The molecule has 0 fully saturated rings. The minimum absolute atomic E-state index is 0.0244. The van der Waals surface area contributed by atoms with Gasteiger partial charge in [0.2, 0.25) is 0 Å². The number of nitrogens with two attached hydrogens (primary N) is 2. The Kier molecular flexibility index (Phi) is 3.28. The standard InChI is InChI=1S/C9H12FN3O/c10-7-2-1-6(5-8(7)14)3-4-13-9(11)12/h1-2,5,14H,3-4H2,(H4,11,12,13)/i9-1. The van der Waals surface area contributed by atoms with Crippen molar-refractivity contribution in [1.82, 2.24) is 0 Å². The van der Waals surface area contributed by atoms with Crippen LogP contribution in [0.5, 0.6) is 5.75 Å². The second kappa shape index (κ2) is 4.45. The monoisotopic (exact) mass is 196 g/mol. The van der Waals surface area contributed by atoms with Crippen LogP contribution in [0.25, 0.3) is 0 Å². The summed E-state index contributed by atoms with van der Waals surface area (Å²) in [6.45, 7) is 0.424. The zero-order chi connectivity index (χ0) is 10.6. The molecule has 4 nitrogen and oxygen atoms in total. The normalized spacial score (nSPS) is 9.79. The first kappa shape index (κ1) is 10.3. The third-order valence-electron chi connectivity index (χ3n) is 1.71. The van der Waals surface area contributed by atoms with Crippen LogP contribution in [0, 0.1) is 5.82 Å². The number of guanidine groups is 1. The van der Waals surface area contributed by atoms with Gasteiger partial charge in [0.25, 0.3) is 0 Å². The number of nitrogens with zero attached hydrogens (tertiary/aromatic N) is 1. The van der Waals surface area contributed by atoms with Crippen molar-refractivity contribution < 1.29 is 9.50 Å². The van der Waals surface area contributed by atoms with E-state index >= 15 is 0 Å². The molecule has 0 aromatic heterocycles. The number of hydrogen-bond acceptors (Lipinski definition) is 2. The SMILES string of the molecule is N[11C](N)=NCCc1ccc(F)c(O)c1. The Morgan fingerprint density at radius 1 is 1.43 bits per heavy atom. The van der Waals surface area contributed by atoms with Crippen LogP contribution in [0.1, 0.15) is 5.56 Å². The van der Waals surface area contributed by atoms with Crippen molar-refractivity contribution in [3.8, 4) is 5.75 Å². The van der Waals surface area contributed by atoms with Gasteiger partial charge in [-0.15, -0.1) is 0 Å². The summed E-state index contributed by atoms with van der Waals surface area (Å²) in [6.07, 6.45) is 0.561. The lowest BCUT2D eigenvalue weighted by atomic mass is 10.1. The number of aromatic hydroxyl groups is 1. The largest absolute Gasteiger partial charge is 0.505 e. The third-order valence-corrected chi connectivity index (χ3v) is 1.71. The van der Waals surface area contributed by atoms with E-state index in [2.05, 4.69) is 4.99 Å². The minimum Gasteiger partial charge on any atom is -0.505 e. The van der Waals surface area contributed by atoms with Crippen LogP contribution in [-0.2, 0) is 6.42 Å². The zero-order valence-corrected chi connectivity index (χ0v) is 7.57. The van der Waals surface area contributed by atoms with Crippen LogP contribution < -0.4 is 11.5 Å². The van der Waals surface area contributed by atoms with Gasteiger partial charge in [-0.25, -0.2) is 4.39 Å². The molecule has 5 N–H and O–H groups in total. The lowest BCUT2D eigenvalue weighted by molar-refractivity contribution is 0.431. The fourth-order valence-corrected chi connectivity index (χ4v) is 1.03. The molecule has 5 heteroatoms. The summed E-state index contributed by atoms with van der Waals surface area (Å²) in [4.78, 5) is 3.77. The molecule has 0 unspecified atom stereocenters. The predicted molar refractivity (Wildman–Crippen MR) is 52.4 cm³/mol. The van der Waals surface area contributed by atoms with Crippen LogP contribution in [0.4, 0.5) is 4.39 Å². The van der Waals surface area contributed by atoms with Crippen molar-refractivity contribution in [3.63, 3.8) is 0 Å². The van der Waals surface area contributed by atoms with E-state index in [1.54, 1.807) is 6.07 Å². The van der Waals surface area contributed by atoms with Crippen molar-refractivity contribution in [2.24, 2.45) is 16.5 Å². The fraction of sp³-hybridized carbons (Fsp3) is 0.222. The maximum absolute atomic E-state index is 12.6. The summed E-state index contributed by atoms with van der Waals surface area (Å²) in [5, 5.41) is 9.05. The molecule has 76 valence electrons. The molecular formula is C9H12FN3O. The Bertz CT molecular complexity index is 348. The predicted octanol–water partition coefficient (Wildman–Crippen LogP) is 0.347. The second-order valence-corrected chi connectivity index (χ2v) is 2.84. The van der Waals surface area contributed by atoms with Gasteiger partial charge in [0, 0.05) is 6.54 Å². The first-order valence-electron chi connectivity index (χ1n) is 4.12. The molecule has 0 aliphatic carbocycles. The average Bonchev–Trinajstić information content (AvgIpc) is 2.10. The van der Waals surface area contributed by atoms with Gasteiger partial charge in [-0.1, -0.05) is 6.07 Å². The molecular weight excluding hydrogens is 184 g/mol. The highest BCUT2D eigenvalue weighted by molar-refractivity contribution is 5.75. The van der Waals surface area contributed by atoms with E-state index in [1.807, 2.05) is 0 Å². The Morgan fingerprint density at radius 2 is 2.14 bits per heavy atom. The molecule has 0 bridgehead atoms. The van der Waals surface area contributed by atoms with E-state index in [0.717, 1.165) is 5.56 Å². The molecule has 1 aromatic carbocycles. The first-order valence-corrected chi connectivity index (χ1v) is 4.12. The summed E-state index contributed by atoms with van der Waals surface area (Å²) in [5.41, 5.74) is 11.0. The summed E-state index contributed by atoms with van der Waals surface area (Å²) < 4.78 is 12.6. The van der Waals surface area contributed by atoms with Crippen LogP contribution in [-0.4, -0.2) is 17.6 Å². The lowest BCUT2D eigenvalue weighted by Crippen LogP contribution is -2.23. The number of aliphatic imine (C=N–C) groups is 1. The van der Waals surface area contributed by atoms with Gasteiger partial charge in [-0.3, -0.25) is 4.99 Å². The molecule has 0 amide bonds. The topological polar surface area (TPSA) is 84.6 Å². The minimum atomic E-state index is -0.629. The van der Waals surface area contributed by atoms with E-state index in [-0.39, 0.29) is 11.7 Å². The molecule has 0 spiro atoms. The van der Waals surface area contributed by atoms with Crippen molar-refractivity contribution in [3.05, 3.63) is 29.6 Å². The van der Waals surface area contributed by atoms with Crippen LogP contribution in [0.3, 0.4) is 0 Å². The molecule has 1 aromatic rings. The first-order chi connectivity index (χ1) is 6.59. The van der Waals surface area contributed by atoms with Crippen LogP contribution in [0.15, 0.2) is 23.2 Å². The Morgan fingerprint density at radius 3 is 2.71 bits per heavy atom. The zero-order valence-electron chi connectivity index (χ0n) is 7.57. The van der Waals surface area contributed by atoms with Crippen molar-refractivity contribution in [2.45, 2.75) is 6.42 Å². The van der Waals surface area contributed by atoms with Gasteiger partial charge >= 0.3 is 0 Å². The van der Waals surface area contributed by atoms with Crippen LogP contribution in [0.2, 0.25) is 0 Å².